The highest BCUT2D eigenvalue weighted by Gasteiger charge is 2.28. The monoisotopic (exact) mass is 383 g/mol. The predicted octanol–water partition coefficient (Wildman–Crippen LogP) is 0.465. The fraction of sp³-hybridized carbons (Fsp3) is 0. The summed E-state index contributed by atoms with van der Waals surface area (Å²) in [5.74, 6) is -0.215. The van der Waals surface area contributed by atoms with Crippen molar-refractivity contribution >= 4 is 47.2 Å². The van der Waals surface area contributed by atoms with Crippen molar-refractivity contribution in [3.63, 3.8) is 0 Å². The summed E-state index contributed by atoms with van der Waals surface area (Å²) < 4.78 is 48.0. The third kappa shape index (κ3) is 3.40. The fourth-order valence-electron chi connectivity index (χ4n) is 1.53. The molecule has 0 saturated heterocycles. The van der Waals surface area contributed by atoms with Crippen molar-refractivity contribution in [2.45, 2.75) is 9.79 Å². The maximum atomic E-state index is 12.2. The molecular formula is C10H9Cl2N4O4S2+. The molecule has 118 valence electrons. The van der Waals surface area contributed by atoms with Gasteiger partial charge in [0.05, 0.1) is 0 Å². The lowest BCUT2D eigenvalue weighted by Crippen LogP contribution is -2.49. The van der Waals surface area contributed by atoms with Crippen LogP contribution in [-0.2, 0) is 19.1 Å². The van der Waals surface area contributed by atoms with Gasteiger partial charge in [0.15, 0.2) is 4.90 Å². The summed E-state index contributed by atoms with van der Waals surface area (Å²) in [6.45, 7) is 0. The average Bonchev–Trinajstić information content (AvgIpc) is 2.40. The van der Waals surface area contributed by atoms with Crippen LogP contribution in [0.5, 0.6) is 0 Å². The van der Waals surface area contributed by atoms with E-state index in [1.54, 1.807) is 0 Å². The highest BCUT2D eigenvalue weighted by atomic mass is 35.7. The van der Waals surface area contributed by atoms with Crippen molar-refractivity contribution in [1.82, 2.24) is 4.98 Å². The first kappa shape index (κ1) is 16.7. The van der Waals surface area contributed by atoms with Crippen molar-refractivity contribution in [3.05, 3.63) is 41.8 Å². The Labute approximate surface area is 135 Å². The molecule has 12 heteroatoms. The van der Waals surface area contributed by atoms with Crippen LogP contribution >= 0.6 is 22.3 Å². The van der Waals surface area contributed by atoms with Crippen LogP contribution in [-0.4, -0.2) is 21.8 Å². The van der Waals surface area contributed by atoms with Gasteiger partial charge in [-0.1, -0.05) is 9.51 Å². The second-order valence-corrected chi connectivity index (χ2v) is 8.47. The topological polar surface area (TPSA) is 123 Å². The lowest BCUT2D eigenvalue weighted by atomic mass is 10.5. The highest BCUT2D eigenvalue weighted by Crippen LogP contribution is 2.21. The van der Waals surface area contributed by atoms with Crippen molar-refractivity contribution < 1.29 is 21.5 Å². The molecule has 2 aromatic heterocycles. The standard InChI is InChI=1S/C10H9Cl2N4O4S2/c11-9-7(21(12,17)18)4-2-6-16(9)15-22(19,20)8-3-1-5-14-10(8)13/h1-6,15H,(H2,13,14)/q+1. The van der Waals surface area contributed by atoms with E-state index in [1.807, 2.05) is 0 Å². The van der Waals surface area contributed by atoms with Crippen LogP contribution in [0.15, 0.2) is 46.5 Å². The first-order chi connectivity index (χ1) is 10.1. The molecule has 0 radical (unpaired) electrons. The van der Waals surface area contributed by atoms with Gasteiger partial charge in [0.25, 0.3) is 9.05 Å². The Bertz CT molecular complexity index is 932. The predicted molar refractivity (Wildman–Crippen MR) is 79.9 cm³/mol. The molecule has 0 bridgehead atoms. The van der Waals surface area contributed by atoms with E-state index in [9.17, 15) is 16.8 Å². The molecule has 0 fully saturated rings. The summed E-state index contributed by atoms with van der Waals surface area (Å²) in [5.41, 5.74) is 5.51. The first-order valence-corrected chi connectivity index (χ1v) is 9.68. The van der Waals surface area contributed by atoms with Gasteiger partial charge in [0.2, 0.25) is 6.20 Å². The van der Waals surface area contributed by atoms with E-state index in [0.717, 1.165) is 10.7 Å². The zero-order valence-electron chi connectivity index (χ0n) is 10.6. The Morgan fingerprint density at radius 1 is 1.14 bits per heavy atom. The number of hydrogen-bond donors (Lipinski definition) is 2. The SMILES string of the molecule is Nc1ncccc1S(=O)(=O)N[n+]1cccc(S(=O)(=O)Cl)c1Cl. The molecule has 3 N–H and O–H groups in total. The second kappa shape index (κ2) is 5.88. The molecule has 0 aliphatic heterocycles. The van der Waals surface area contributed by atoms with Gasteiger partial charge in [-0.25, -0.2) is 13.4 Å². The van der Waals surface area contributed by atoms with E-state index >= 15 is 0 Å². The van der Waals surface area contributed by atoms with E-state index in [0.29, 0.717) is 0 Å². The largest absolute Gasteiger partial charge is 0.383 e. The average molecular weight is 384 g/mol. The molecule has 2 rings (SSSR count). The third-order valence-corrected chi connectivity index (χ3v) is 5.68. The normalized spacial score (nSPS) is 12.1. The Morgan fingerprint density at radius 3 is 2.36 bits per heavy atom. The number of hydrogen-bond acceptors (Lipinski definition) is 6. The van der Waals surface area contributed by atoms with Crippen molar-refractivity contribution in [2.24, 2.45) is 0 Å². The molecule has 0 aliphatic rings. The van der Waals surface area contributed by atoms with Crippen molar-refractivity contribution in [1.29, 1.82) is 0 Å². The smallest absolute Gasteiger partial charge is 0.324 e. The van der Waals surface area contributed by atoms with E-state index in [1.165, 1.54) is 30.6 Å². The van der Waals surface area contributed by atoms with Gasteiger partial charge >= 0.3 is 15.2 Å². The number of nitrogens with one attached hydrogen (secondary N) is 1. The number of halogens is 2. The first-order valence-electron chi connectivity index (χ1n) is 5.51. The third-order valence-electron chi connectivity index (χ3n) is 2.47. The minimum absolute atomic E-state index is 0.215. The van der Waals surface area contributed by atoms with Gasteiger partial charge in [-0.2, -0.15) is 8.42 Å². The number of nitrogens with zero attached hydrogens (tertiary/aromatic N) is 2. The highest BCUT2D eigenvalue weighted by molar-refractivity contribution is 8.13. The summed E-state index contributed by atoms with van der Waals surface area (Å²) in [6, 6.07) is 5.02. The lowest BCUT2D eigenvalue weighted by molar-refractivity contribution is -0.636. The van der Waals surface area contributed by atoms with Crippen LogP contribution in [0.1, 0.15) is 0 Å². The molecule has 0 amide bonds. The van der Waals surface area contributed by atoms with Crippen LogP contribution in [0.25, 0.3) is 0 Å². The summed E-state index contributed by atoms with van der Waals surface area (Å²) in [5, 5.41) is -0.427. The number of rotatable bonds is 4. The zero-order valence-corrected chi connectivity index (χ0v) is 13.8. The molecular weight excluding hydrogens is 375 g/mol. The van der Waals surface area contributed by atoms with Crippen LogP contribution in [0.2, 0.25) is 5.15 Å². The molecule has 0 aliphatic carbocycles. The Morgan fingerprint density at radius 2 is 1.77 bits per heavy atom. The van der Waals surface area contributed by atoms with E-state index in [2.05, 4.69) is 9.82 Å². The number of anilines is 1. The number of aromatic nitrogens is 2. The molecule has 22 heavy (non-hydrogen) atoms. The second-order valence-electron chi connectivity index (χ2n) is 3.95. The maximum absolute atomic E-state index is 12.2. The van der Waals surface area contributed by atoms with Gasteiger partial charge in [-0.05, 0) is 29.8 Å². The van der Waals surface area contributed by atoms with E-state index in [4.69, 9.17) is 28.0 Å². The number of nitrogen functional groups attached to an aromatic ring is 1. The molecule has 2 heterocycles. The number of sulfonamides is 1. The van der Waals surface area contributed by atoms with E-state index < -0.39 is 29.1 Å². The molecule has 0 aromatic carbocycles. The minimum Gasteiger partial charge on any atom is -0.383 e. The number of nitrogens with two attached hydrogens (primary N) is 1. The summed E-state index contributed by atoms with van der Waals surface area (Å²) >= 11 is 5.85. The molecule has 8 nitrogen and oxygen atoms in total. The fourth-order valence-corrected chi connectivity index (χ4v) is 4.17. The zero-order chi connectivity index (χ0) is 16.5. The molecule has 0 atom stereocenters. The molecule has 2 aromatic rings. The van der Waals surface area contributed by atoms with Crippen LogP contribution in [0, 0.1) is 0 Å². The van der Waals surface area contributed by atoms with E-state index in [-0.39, 0.29) is 10.7 Å². The quantitative estimate of drug-likeness (QED) is 0.449. The lowest BCUT2D eigenvalue weighted by Gasteiger charge is -2.06. The van der Waals surface area contributed by atoms with Gasteiger partial charge < -0.3 is 5.73 Å². The molecule has 0 unspecified atom stereocenters. The maximum Gasteiger partial charge on any atom is 0.324 e. The van der Waals surface area contributed by atoms with Crippen LogP contribution in [0.3, 0.4) is 0 Å². The van der Waals surface area contributed by atoms with Crippen molar-refractivity contribution in [2.75, 3.05) is 10.6 Å². The minimum atomic E-state index is -4.14. The van der Waals surface area contributed by atoms with Gasteiger partial charge in [-0.3, -0.25) is 0 Å². The number of pyridine rings is 2. The summed E-state index contributed by atoms with van der Waals surface area (Å²) in [4.78, 5) is 5.01. The summed E-state index contributed by atoms with van der Waals surface area (Å²) in [7, 11) is -3.05. The van der Waals surface area contributed by atoms with Gasteiger partial charge in [0, 0.05) is 22.9 Å². The Kier molecular flexibility index (Phi) is 4.47. The van der Waals surface area contributed by atoms with Gasteiger partial charge in [-0.15, -0.1) is 0 Å². The van der Waals surface area contributed by atoms with Crippen LogP contribution < -0.4 is 15.2 Å². The molecule has 0 saturated carbocycles. The van der Waals surface area contributed by atoms with Crippen LogP contribution in [0.4, 0.5) is 5.82 Å². The Balaban J connectivity index is 2.50. The van der Waals surface area contributed by atoms with Gasteiger partial charge in [0.1, 0.15) is 10.7 Å². The summed E-state index contributed by atoms with van der Waals surface area (Å²) in [6.07, 6.45) is 2.53. The van der Waals surface area contributed by atoms with Crippen molar-refractivity contribution in [3.8, 4) is 0 Å². The molecule has 0 spiro atoms. The Hall–Kier alpha value is -1.62.